The Morgan fingerprint density at radius 3 is 2.79 bits per heavy atom. The molecule has 0 fully saturated rings. The monoisotopic (exact) mass is 402 g/mol. The van der Waals surface area contributed by atoms with E-state index in [1.165, 1.54) is 4.90 Å². The molecule has 1 atom stereocenters. The number of rotatable bonds is 5. The minimum Gasteiger partial charge on any atom is -0.444 e. The van der Waals surface area contributed by atoms with E-state index < -0.39 is 29.6 Å². The van der Waals surface area contributed by atoms with E-state index in [9.17, 15) is 14.4 Å². The summed E-state index contributed by atoms with van der Waals surface area (Å²) < 4.78 is 5.14. The first kappa shape index (κ1) is 20.2. The normalized spacial score (nSPS) is 15.6. The van der Waals surface area contributed by atoms with Gasteiger partial charge in [-0.05, 0) is 32.4 Å². The van der Waals surface area contributed by atoms with Gasteiger partial charge in [-0.25, -0.2) is 9.78 Å². The average molecular weight is 402 g/mol. The Kier molecular flexibility index (Phi) is 5.71. The van der Waals surface area contributed by atoms with Crippen LogP contribution in [0.15, 0.2) is 18.3 Å². The van der Waals surface area contributed by atoms with Crippen molar-refractivity contribution in [1.82, 2.24) is 36.2 Å². The molecule has 0 unspecified atom stereocenters. The number of aromatic nitrogens is 5. The standard InChI is InChI=1S/C17H22N8O4/c1-17(2,3)29-16(28)20-9-13(26)25-11(7-10-5-4-6-18-14(10)25)15(27)19-8-12-21-23-24-22-12/h4-6,11H,7-9H2,1-3H3,(H,19,27)(H,20,28)(H,21,22,23,24)/t11-/m0/s1. The number of pyridine rings is 1. The molecule has 29 heavy (non-hydrogen) atoms. The van der Waals surface area contributed by atoms with Crippen molar-refractivity contribution in [2.45, 2.75) is 45.4 Å². The van der Waals surface area contributed by atoms with Crippen LogP contribution in [-0.4, -0.2) is 61.7 Å². The van der Waals surface area contributed by atoms with Crippen LogP contribution in [0, 0.1) is 0 Å². The van der Waals surface area contributed by atoms with Crippen LogP contribution in [-0.2, 0) is 27.3 Å². The average Bonchev–Trinajstić information content (AvgIpc) is 3.30. The van der Waals surface area contributed by atoms with E-state index in [4.69, 9.17) is 4.74 Å². The van der Waals surface area contributed by atoms with Gasteiger partial charge in [0.15, 0.2) is 5.82 Å². The first-order chi connectivity index (χ1) is 13.7. The Hall–Kier alpha value is -3.57. The van der Waals surface area contributed by atoms with Gasteiger partial charge in [0.25, 0.3) is 0 Å². The molecule has 12 heteroatoms. The van der Waals surface area contributed by atoms with E-state index >= 15 is 0 Å². The van der Waals surface area contributed by atoms with E-state index in [1.54, 1.807) is 39.1 Å². The molecule has 2 aromatic rings. The number of H-pyrrole nitrogens is 1. The molecular formula is C17H22N8O4. The van der Waals surface area contributed by atoms with Crippen LogP contribution in [0.2, 0.25) is 0 Å². The smallest absolute Gasteiger partial charge is 0.408 e. The maximum atomic E-state index is 12.8. The Balaban J connectivity index is 1.69. The van der Waals surface area contributed by atoms with Gasteiger partial charge in [0.05, 0.1) is 6.54 Å². The molecule has 3 N–H and O–H groups in total. The summed E-state index contributed by atoms with van der Waals surface area (Å²) in [5.41, 5.74) is 0.0739. The number of hydrogen-bond acceptors (Lipinski definition) is 8. The molecule has 0 saturated carbocycles. The first-order valence-corrected chi connectivity index (χ1v) is 8.97. The van der Waals surface area contributed by atoms with Gasteiger partial charge in [-0.1, -0.05) is 11.3 Å². The highest BCUT2D eigenvalue weighted by Crippen LogP contribution is 2.30. The molecule has 3 amide bonds. The SMILES string of the molecule is CC(C)(C)OC(=O)NCC(=O)N1c2ncccc2C[C@H]1C(=O)NCc1nn[nH]n1. The molecule has 154 valence electrons. The van der Waals surface area contributed by atoms with Gasteiger partial charge in [-0.15, -0.1) is 10.2 Å². The van der Waals surface area contributed by atoms with E-state index in [2.05, 4.69) is 36.2 Å². The van der Waals surface area contributed by atoms with Crippen molar-refractivity contribution >= 4 is 23.7 Å². The molecule has 0 aliphatic carbocycles. The maximum Gasteiger partial charge on any atom is 0.408 e. The minimum absolute atomic E-state index is 0.0633. The van der Waals surface area contributed by atoms with Crippen LogP contribution in [0.25, 0.3) is 0 Å². The first-order valence-electron chi connectivity index (χ1n) is 8.97. The van der Waals surface area contributed by atoms with Crippen molar-refractivity contribution in [2.24, 2.45) is 0 Å². The molecule has 0 spiro atoms. The van der Waals surface area contributed by atoms with Gasteiger partial charge >= 0.3 is 6.09 Å². The van der Waals surface area contributed by atoms with E-state index in [0.29, 0.717) is 18.1 Å². The highest BCUT2D eigenvalue weighted by Gasteiger charge is 2.39. The van der Waals surface area contributed by atoms with Gasteiger partial charge in [-0.2, -0.15) is 5.21 Å². The molecule has 1 aliphatic heterocycles. The molecule has 12 nitrogen and oxygen atoms in total. The Bertz CT molecular complexity index is 893. The second-order valence-corrected chi connectivity index (χ2v) is 7.37. The number of aromatic amines is 1. The number of carbonyl (C=O) groups is 3. The fourth-order valence-electron chi connectivity index (χ4n) is 2.84. The Morgan fingerprint density at radius 1 is 1.31 bits per heavy atom. The lowest BCUT2D eigenvalue weighted by atomic mass is 10.1. The third-order valence-corrected chi connectivity index (χ3v) is 3.98. The van der Waals surface area contributed by atoms with Crippen LogP contribution >= 0.6 is 0 Å². The molecule has 2 aromatic heterocycles. The van der Waals surface area contributed by atoms with Crippen molar-refractivity contribution in [3.63, 3.8) is 0 Å². The van der Waals surface area contributed by atoms with Crippen molar-refractivity contribution in [1.29, 1.82) is 0 Å². The lowest BCUT2D eigenvalue weighted by Gasteiger charge is -2.24. The predicted octanol–water partition coefficient (Wildman–Crippen LogP) is -0.306. The zero-order valence-electron chi connectivity index (χ0n) is 16.3. The Morgan fingerprint density at radius 2 is 2.10 bits per heavy atom. The molecule has 1 aliphatic rings. The quantitative estimate of drug-likeness (QED) is 0.615. The lowest BCUT2D eigenvalue weighted by Crippen LogP contribution is -2.51. The summed E-state index contributed by atoms with van der Waals surface area (Å²) >= 11 is 0. The lowest BCUT2D eigenvalue weighted by molar-refractivity contribution is -0.126. The van der Waals surface area contributed by atoms with Crippen LogP contribution in [0.5, 0.6) is 0 Å². The Labute approximate surface area is 166 Å². The molecule has 0 radical (unpaired) electrons. The third-order valence-electron chi connectivity index (χ3n) is 3.98. The van der Waals surface area contributed by atoms with Crippen molar-refractivity contribution in [2.75, 3.05) is 11.4 Å². The number of alkyl carbamates (subject to hydrolysis) is 1. The largest absolute Gasteiger partial charge is 0.444 e. The molecule has 0 saturated heterocycles. The van der Waals surface area contributed by atoms with Crippen molar-refractivity contribution < 1.29 is 19.1 Å². The number of ether oxygens (including phenoxy) is 1. The van der Waals surface area contributed by atoms with Crippen molar-refractivity contribution in [3.05, 3.63) is 29.7 Å². The molecule has 0 bridgehead atoms. The van der Waals surface area contributed by atoms with E-state index in [-0.39, 0.29) is 13.1 Å². The van der Waals surface area contributed by atoms with Gasteiger partial charge in [0.2, 0.25) is 11.8 Å². The molecular weight excluding hydrogens is 380 g/mol. The summed E-state index contributed by atoms with van der Waals surface area (Å²) in [6, 6.07) is 2.73. The second kappa shape index (κ2) is 8.20. The number of hydrogen-bond donors (Lipinski definition) is 3. The summed E-state index contributed by atoms with van der Waals surface area (Å²) in [5, 5.41) is 18.4. The molecule has 3 rings (SSSR count). The zero-order chi connectivity index (χ0) is 21.0. The number of nitrogens with one attached hydrogen (secondary N) is 3. The zero-order valence-corrected chi connectivity index (χ0v) is 16.3. The summed E-state index contributed by atoms with van der Waals surface area (Å²) in [4.78, 5) is 42.9. The van der Waals surface area contributed by atoms with Gasteiger partial charge in [0, 0.05) is 12.6 Å². The van der Waals surface area contributed by atoms with Gasteiger partial charge in [0.1, 0.15) is 24.0 Å². The topological polar surface area (TPSA) is 155 Å². The third kappa shape index (κ3) is 5.03. The van der Waals surface area contributed by atoms with Gasteiger partial charge < -0.3 is 15.4 Å². The summed E-state index contributed by atoms with van der Waals surface area (Å²) in [5.74, 6) is -0.161. The maximum absolute atomic E-state index is 12.8. The van der Waals surface area contributed by atoms with Crippen LogP contribution in [0.3, 0.4) is 0 Å². The highest BCUT2D eigenvalue weighted by atomic mass is 16.6. The second-order valence-electron chi connectivity index (χ2n) is 7.37. The highest BCUT2D eigenvalue weighted by molar-refractivity contribution is 6.04. The molecule has 3 heterocycles. The van der Waals surface area contributed by atoms with Crippen LogP contribution < -0.4 is 15.5 Å². The number of amides is 3. The van der Waals surface area contributed by atoms with E-state index in [0.717, 1.165) is 5.56 Å². The number of nitrogens with zero attached hydrogens (tertiary/aromatic N) is 5. The summed E-state index contributed by atoms with van der Waals surface area (Å²) in [7, 11) is 0. The predicted molar refractivity (Wildman–Crippen MR) is 99.5 cm³/mol. The minimum atomic E-state index is -0.806. The summed E-state index contributed by atoms with van der Waals surface area (Å²) in [6.45, 7) is 4.89. The number of fused-ring (bicyclic) bond motifs is 1. The van der Waals surface area contributed by atoms with Crippen LogP contribution in [0.1, 0.15) is 32.2 Å². The number of carbonyl (C=O) groups excluding carboxylic acids is 3. The number of tetrazole rings is 1. The van der Waals surface area contributed by atoms with Crippen LogP contribution in [0.4, 0.5) is 10.6 Å². The number of anilines is 1. The fourth-order valence-corrected chi connectivity index (χ4v) is 2.84. The fraction of sp³-hybridized carbons (Fsp3) is 0.471. The van der Waals surface area contributed by atoms with E-state index in [1.807, 2.05) is 0 Å². The van der Waals surface area contributed by atoms with Gasteiger partial charge in [-0.3, -0.25) is 14.5 Å². The molecule has 0 aromatic carbocycles. The summed E-state index contributed by atoms with van der Waals surface area (Å²) in [6.07, 6.45) is 1.13. The van der Waals surface area contributed by atoms with Crippen molar-refractivity contribution in [3.8, 4) is 0 Å².